The Morgan fingerprint density at radius 3 is 2.08 bits per heavy atom. The van der Waals surface area contributed by atoms with E-state index in [-0.39, 0.29) is 0 Å². The number of benzene rings is 2. The number of carboxylic acid groups (broad SMARTS) is 2. The third-order valence-electron chi connectivity index (χ3n) is 5.64. The molecule has 0 radical (unpaired) electrons. The van der Waals surface area contributed by atoms with Gasteiger partial charge in [0.15, 0.2) is 11.5 Å². The van der Waals surface area contributed by atoms with E-state index < -0.39 is 11.9 Å². The molecule has 2 aromatic carbocycles. The van der Waals surface area contributed by atoms with Crippen LogP contribution >= 0.6 is 11.8 Å². The number of thioether (sulfide) groups is 1. The van der Waals surface area contributed by atoms with Gasteiger partial charge in [-0.3, -0.25) is 4.90 Å². The lowest BCUT2D eigenvalue weighted by molar-refractivity contribution is -0.134. The van der Waals surface area contributed by atoms with Crippen LogP contribution in [0.25, 0.3) is 6.08 Å². The van der Waals surface area contributed by atoms with E-state index in [1.54, 1.807) is 21.3 Å². The molecule has 2 N–H and O–H groups in total. The SMILES string of the molecule is COc1ccc(CSC2CCN(CC=Cc3ccccc3)CC2)c(OC)c1OC.O=C(O)/C=C/C(=O)O. The molecule has 1 aliphatic heterocycles. The molecule has 1 fully saturated rings. The summed E-state index contributed by atoms with van der Waals surface area (Å²) in [4.78, 5) is 21.6. The number of hydrogen-bond acceptors (Lipinski definition) is 7. The molecule has 0 spiro atoms. The molecule has 9 heteroatoms. The Labute approximate surface area is 222 Å². The molecule has 0 unspecified atom stereocenters. The fraction of sp³-hybridized carbons (Fsp3) is 0.357. The first-order valence-electron chi connectivity index (χ1n) is 11.8. The van der Waals surface area contributed by atoms with Crippen molar-refractivity contribution in [1.82, 2.24) is 4.90 Å². The van der Waals surface area contributed by atoms with E-state index in [0.29, 0.717) is 28.9 Å². The average molecular weight is 530 g/mol. The number of nitrogens with zero attached hydrogens (tertiary/aromatic N) is 1. The number of hydrogen-bond donors (Lipinski definition) is 2. The van der Waals surface area contributed by atoms with E-state index >= 15 is 0 Å². The Morgan fingerprint density at radius 1 is 0.919 bits per heavy atom. The normalized spacial score (nSPS) is 14.2. The minimum Gasteiger partial charge on any atom is -0.493 e. The summed E-state index contributed by atoms with van der Waals surface area (Å²) in [6, 6.07) is 14.5. The molecular formula is C28H35NO7S. The maximum atomic E-state index is 9.55. The van der Waals surface area contributed by atoms with Crippen LogP contribution in [0.2, 0.25) is 0 Å². The van der Waals surface area contributed by atoms with Gasteiger partial charge in [0, 0.05) is 35.3 Å². The van der Waals surface area contributed by atoms with Crippen LogP contribution in [0.3, 0.4) is 0 Å². The summed E-state index contributed by atoms with van der Waals surface area (Å²) in [6.45, 7) is 3.33. The van der Waals surface area contributed by atoms with Crippen LogP contribution in [0.1, 0.15) is 24.0 Å². The molecule has 2 aromatic rings. The first kappa shape index (κ1) is 29.8. The van der Waals surface area contributed by atoms with Crippen LogP contribution in [-0.2, 0) is 15.3 Å². The highest BCUT2D eigenvalue weighted by atomic mass is 32.2. The lowest BCUT2D eigenvalue weighted by Gasteiger charge is -2.31. The maximum Gasteiger partial charge on any atom is 0.328 e. The summed E-state index contributed by atoms with van der Waals surface area (Å²) in [7, 11) is 4.99. The second-order valence-corrected chi connectivity index (χ2v) is 9.42. The highest BCUT2D eigenvalue weighted by molar-refractivity contribution is 7.99. The quantitative estimate of drug-likeness (QED) is 0.396. The second-order valence-electron chi connectivity index (χ2n) is 8.13. The molecule has 0 aromatic heterocycles. The number of methoxy groups -OCH3 is 3. The fourth-order valence-electron chi connectivity index (χ4n) is 3.79. The number of aliphatic carboxylic acids is 2. The number of ether oxygens (including phenoxy) is 3. The Balaban J connectivity index is 0.000000521. The van der Waals surface area contributed by atoms with Gasteiger partial charge in [-0.1, -0.05) is 48.6 Å². The number of carbonyl (C=O) groups is 2. The van der Waals surface area contributed by atoms with Gasteiger partial charge in [0.05, 0.1) is 21.3 Å². The van der Waals surface area contributed by atoms with E-state index in [2.05, 4.69) is 53.5 Å². The zero-order valence-electron chi connectivity index (χ0n) is 21.5. The standard InChI is InChI=1S/C24H31NO3S.C4H4O4/c1-26-22-12-11-20(23(27-2)24(22)28-3)18-29-21-13-16-25(17-14-21)15-7-10-19-8-5-4-6-9-19;5-3(6)1-2-4(7)8/h4-12,21H,13-18H2,1-3H3;1-2H,(H,5,6)(H,7,8)/b;2-1+. The smallest absolute Gasteiger partial charge is 0.328 e. The Bertz CT molecular complexity index is 1030. The Morgan fingerprint density at radius 2 is 1.54 bits per heavy atom. The molecule has 0 saturated carbocycles. The predicted octanol–water partition coefficient (Wildman–Crippen LogP) is 4.84. The van der Waals surface area contributed by atoms with Crippen LogP contribution in [0, 0.1) is 0 Å². The lowest BCUT2D eigenvalue weighted by atomic mass is 10.1. The molecule has 1 aliphatic rings. The van der Waals surface area contributed by atoms with Crippen molar-refractivity contribution >= 4 is 29.8 Å². The molecule has 0 atom stereocenters. The van der Waals surface area contributed by atoms with Gasteiger partial charge >= 0.3 is 11.9 Å². The van der Waals surface area contributed by atoms with E-state index in [4.69, 9.17) is 24.4 Å². The third-order valence-corrected chi connectivity index (χ3v) is 7.06. The summed E-state index contributed by atoms with van der Waals surface area (Å²) in [5.74, 6) is 0.563. The summed E-state index contributed by atoms with van der Waals surface area (Å²) in [6.07, 6.45) is 8.05. The zero-order chi connectivity index (χ0) is 27.0. The number of likely N-dealkylation sites (tertiary alicyclic amines) is 1. The van der Waals surface area contributed by atoms with E-state index in [9.17, 15) is 9.59 Å². The van der Waals surface area contributed by atoms with Gasteiger partial charge in [-0.25, -0.2) is 9.59 Å². The summed E-state index contributed by atoms with van der Waals surface area (Å²) < 4.78 is 16.5. The van der Waals surface area contributed by atoms with Crippen molar-refractivity contribution < 1.29 is 34.0 Å². The molecule has 0 aliphatic carbocycles. The summed E-state index contributed by atoms with van der Waals surface area (Å²) >= 11 is 2.01. The second kappa shape index (κ2) is 16.3. The molecule has 1 saturated heterocycles. The Kier molecular flexibility index (Phi) is 13.2. The van der Waals surface area contributed by atoms with Gasteiger partial charge in [0.2, 0.25) is 5.75 Å². The lowest BCUT2D eigenvalue weighted by Crippen LogP contribution is -2.34. The van der Waals surface area contributed by atoms with Crippen molar-refractivity contribution in [2.75, 3.05) is 41.0 Å². The minimum atomic E-state index is -1.26. The van der Waals surface area contributed by atoms with E-state index in [0.717, 1.165) is 36.7 Å². The highest BCUT2D eigenvalue weighted by Crippen LogP contribution is 2.41. The largest absolute Gasteiger partial charge is 0.493 e. The predicted molar refractivity (Wildman–Crippen MR) is 147 cm³/mol. The number of carboxylic acids is 2. The van der Waals surface area contributed by atoms with Crippen LogP contribution in [0.15, 0.2) is 60.7 Å². The van der Waals surface area contributed by atoms with Crippen molar-refractivity contribution in [3.8, 4) is 17.2 Å². The van der Waals surface area contributed by atoms with E-state index in [1.807, 2.05) is 17.8 Å². The number of rotatable bonds is 11. The monoisotopic (exact) mass is 529 g/mol. The topological polar surface area (TPSA) is 106 Å². The van der Waals surface area contributed by atoms with Crippen molar-refractivity contribution in [1.29, 1.82) is 0 Å². The maximum absolute atomic E-state index is 9.55. The zero-order valence-corrected chi connectivity index (χ0v) is 22.3. The molecule has 1 heterocycles. The van der Waals surface area contributed by atoms with Gasteiger partial charge < -0.3 is 24.4 Å². The van der Waals surface area contributed by atoms with Crippen LogP contribution in [0.5, 0.6) is 17.2 Å². The van der Waals surface area contributed by atoms with Gasteiger partial charge in [-0.15, -0.1) is 0 Å². The highest BCUT2D eigenvalue weighted by Gasteiger charge is 2.21. The van der Waals surface area contributed by atoms with Crippen LogP contribution in [0.4, 0.5) is 0 Å². The van der Waals surface area contributed by atoms with Crippen LogP contribution in [-0.4, -0.2) is 73.3 Å². The summed E-state index contributed by atoms with van der Waals surface area (Å²) in [5.41, 5.74) is 2.42. The Hall–Kier alpha value is -3.43. The van der Waals surface area contributed by atoms with Gasteiger partial charge in [-0.2, -0.15) is 11.8 Å². The third kappa shape index (κ3) is 10.6. The molecule has 8 nitrogen and oxygen atoms in total. The summed E-state index contributed by atoms with van der Waals surface area (Å²) in [5, 5.41) is 16.3. The van der Waals surface area contributed by atoms with Gasteiger partial charge in [0.25, 0.3) is 0 Å². The molecule has 200 valence electrons. The van der Waals surface area contributed by atoms with Crippen molar-refractivity contribution in [2.24, 2.45) is 0 Å². The van der Waals surface area contributed by atoms with Gasteiger partial charge in [0.1, 0.15) is 0 Å². The first-order chi connectivity index (χ1) is 17.9. The van der Waals surface area contributed by atoms with Crippen LogP contribution < -0.4 is 14.2 Å². The average Bonchev–Trinajstić information content (AvgIpc) is 2.91. The van der Waals surface area contributed by atoms with E-state index in [1.165, 1.54) is 18.4 Å². The van der Waals surface area contributed by atoms with Crippen molar-refractivity contribution in [3.05, 3.63) is 71.8 Å². The number of piperidine rings is 1. The molecule has 3 rings (SSSR count). The fourth-order valence-corrected chi connectivity index (χ4v) is 4.97. The molecular weight excluding hydrogens is 494 g/mol. The molecule has 0 bridgehead atoms. The van der Waals surface area contributed by atoms with Crippen molar-refractivity contribution in [2.45, 2.75) is 23.8 Å². The van der Waals surface area contributed by atoms with Gasteiger partial charge in [-0.05, 0) is 37.6 Å². The first-order valence-corrected chi connectivity index (χ1v) is 12.9. The molecule has 37 heavy (non-hydrogen) atoms. The van der Waals surface area contributed by atoms with Crippen molar-refractivity contribution in [3.63, 3.8) is 0 Å². The molecule has 0 amide bonds. The minimum absolute atomic E-state index is 0.558.